The summed E-state index contributed by atoms with van der Waals surface area (Å²) in [7, 11) is 3.72. The summed E-state index contributed by atoms with van der Waals surface area (Å²) in [5.41, 5.74) is 5.76. The van der Waals surface area contributed by atoms with E-state index in [1.54, 1.807) is 19.4 Å². The number of hydrogen-bond donors (Lipinski definition) is 0. The molecule has 0 saturated carbocycles. The van der Waals surface area contributed by atoms with Crippen molar-refractivity contribution >= 4 is 28.8 Å². The topological polar surface area (TPSA) is 68.0 Å². The molecule has 0 spiro atoms. The summed E-state index contributed by atoms with van der Waals surface area (Å²) in [4.78, 5) is 17.3. The van der Waals surface area contributed by atoms with Gasteiger partial charge in [-0.15, -0.1) is 0 Å². The van der Waals surface area contributed by atoms with E-state index >= 15 is 0 Å². The van der Waals surface area contributed by atoms with Crippen molar-refractivity contribution in [3.63, 3.8) is 0 Å². The molecule has 0 saturated heterocycles. The van der Waals surface area contributed by atoms with Gasteiger partial charge in [0.25, 0.3) is 5.69 Å². The maximum Gasteiger partial charge on any atom is 0.269 e. The van der Waals surface area contributed by atoms with Crippen LogP contribution < -0.4 is 9.64 Å². The number of benzene rings is 2. The van der Waals surface area contributed by atoms with Gasteiger partial charge in [-0.3, -0.25) is 15.1 Å². The molecule has 0 aliphatic carbocycles. The normalized spacial score (nSPS) is 15.4. The van der Waals surface area contributed by atoms with Crippen LogP contribution in [0, 0.1) is 17.0 Å². The number of allylic oxidation sites excluding steroid dienone is 1. The first-order valence-corrected chi connectivity index (χ1v) is 9.09. The SMILES string of the molecule is COc1cc2c(cc1C=Nc1ccc([N+](=O)[O-])cc1C)C(C)=CC(C)(C)N2C. The number of likely N-dealkylation sites (N-methyl/N-ethyl adjacent to an activating group) is 1. The number of nitro groups is 1. The van der Waals surface area contributed by atoms with Crippen molar-refractivity contribution in [3.8, 4) is 5.75 Å². The zero-order chi connectivity index (χ0) is 20.6. The number of hydrogen-bond acceptors (Lipinski definition) is 5. The summed E-state index contributed by atoms with van der Waals surface area (Å²) in [6.45, 7) is 8.28. The molecule has 0 radical (unpaired) electrons. The highest BCUT2D eigenvalue weighted by Crippen LogP contribution is 2.41. The van der Waals surface area contributed by atoms with E-state index in [9.17, 15) is 10.1 Å². The third-order valence-electron chi connectivity index (χ3n) is 5.30. The molecular formula is C22H25N3O3. The first kappa shape index (κ1) is 19.6. The molecule has 28 heavy (non-hydrogen) atoms. The van der Waals surface area contributed by atoms with Gasteiger partial charge in [0.15, 0.2) is 0 Å². The Labute approximate surface area is 165 Å². The third-order valence-corrected chi connectivity index (χ3v) is 5.30. The van der Waals surface area contributed by atoms with E-state index in [1.807, 2.05) is 13.0 Å². The summed E-state index contributed by atoms with van der Waals surface area (Å²) < 4.78 is 5.61. The number of aliphatic imine (C=N–C) groups is 1. The molecule has 6 nitrogen and oxygen atoms in total. The molecule has 146 valence electrons. The van der Waals surface area contributed by atoms with E-state index in [0.29, 0.717) is 5.69 Å². The Morgan fingerprint density at radius 1 is 1.21 bits per heavy atom. The van der Waals surface area contributed by atoms with Crippen LogP contribution in [0.25, 0.3) is 5.57 Å². The molecule has 0 amide bonds. The van der Waals surface area contributed by atoms with Crippen LogP contribution in [0.4, 0.5) is 17.1 Å². The molecule has 1 aliphatic heterocycles. The average Bonchev–Trinajstić information content (AvgIpc) is 2.64. The second-order valence-electron chi connectivity index (χ2n) is 7.64. The molecular weight excluding hydrogens is 354 g/mol. The lowest BCUT2D eigenvalue weighted by molar-refractivity contribution is -0.384. The molecule has 2 aromatic rings. The van der Waals surface area contributed by atoms with Gasteiger partial charge in [0.05, 0.1) is 23.3 Å². The molecule has 0 atom stereocenters. The Balaban J connectivity index is 2.03. The molecule has 2 aromatic carbocycles. The van der Waals surface area contributed by atoms with Crippen molar-refractivity contribution in [2.75, 3.05) is 19.1 Å². The second kappa shape index (κ2) is 7.11. The fourth-order valence-corrected chi connectivity index (χ4v) is 3.51. The van der Waals surface area contributed by atoms with Crippen LogP contribution in [-0.4, -0.2) is 30.8 Å². The highest BCUT2D eigenvalue weighted by molar-refractivity contribution is 5.92. The lowest BCUT2D eigenvalue weighted by atomic mass is 9.88. The van der Waals surface area contributed by atoms with Gasteiger partial charge in [-0.25, -0.2) is 0 Å². The van der Waals surface area contributed by atoms with Crippen molar-refractivity contribution < 1.29 is 9.66 Å². The minimum Gasteiger partial charge on any atom is -0.496 e. The number of aryl methyl sites for hydroxylation is 1. The van der Waals surface area contributed by atoms with Crippen molar-refractivity contribution in [2.45, 2.75) is 33.2 Å². The Morgan fingerprint density at radius 3 is 2.54 bits per heavy atom. The van der Waals surface area contributed by atoms with E-state index in [1.165, 1.54) is 17.7 Å². The lowest BCUT2D eigenvalue weighted by Gasteiger charge is -2.40. The number of anilines is 1. The summed E-state index contributed by atoms with van der Waals surface area (Å²) in [5, 5.41) is 10.9. The van der Waals surface area contributed by atoms with Crippen LogP contribution in [0.1, 0.15) is 37.5 Å². The van der Waals surface area contributed by atoms with Crippen LogP contribution in [0.3, 0.4) is 0 Å². The first-order chi connectivity index (χ1) is 13.1. The molecule has 0 unspecified atom stereocenters. The molecule has 0 fully saturated rings. The van der Waals surface area contributed by atoms with E-state index < -0.39 is 4.92 Å². The fraction of sp³-hybridized carbons (Fsp3) is 0.318. The van der Waals surface area contributed by atoms with Gasteiger partial charge in [0, 0.05) is 48.3 Å². The van der Waals surface area contributed by atoms with Crippen LogP contribution in [0.2, 0.25) is 0 Å². The van der Waals surface area contributed by atoms with Gasteiger partial charge in [0.2, 0.25) is 0 Å². The van der Waals surface area contributed by atoms with Gasteiger partial charge < -0.3 is 9.64 Å². The Bertz CT molecular complexity index is 1010. The van der Waals surface area contributed by atoms with Gasteiger partial charge >= 0.3 is 0 Å². The average molecular weight is 379 g/mol. The molecule has 0 aromatic heterocycles. The van der Waals surface area contributed by atoms with Crippen LogP contribution >= 0.6 is 0 Å². The summed E-state index contributed by atoms with van der Waals surface area (Å²) in [6, 6.07) is 8.78. The number of fused-ring (bicyclic) bond motifs is 1. The highest BCUT2D eigenvalue weighted by Gasteiger charge is 2.29. The van der Waals surface area contributed by atoms with Crippen molar-refractivity contribution in [2.24, 2.45) is 4.99 Å². The number of ether oxygens (including phenoxy) is 1. The highest BCUT2D eigenvalue weighted by atomic mass is 16.6. The number of nitro benzene ring substituents is 1. The molecule has 0 N–H and O–H groups in total. The van der Waals surface area contributed by atoms with Crippen molar-refractivity contribution in [1.29, 1.82) is 0 Å². The first-order valence-electron chi connectivity index (χ1n) is 9.09. The predicted molar refractivity (Wildman–Crippen MR) is 114 cm³/mol. The third kappa shape index (κ3) is 3.50. The van der Waals surface area contributed by atoms with E-state index in [2.05, 4.69) is 49.9 Å². The molecule has 1 aliphatic rings. The minimum absolute atomic E-state index is 0.0641. The Morgan fingerprint density at radius 2 is 1.93 bits per heavy atom. The largest absolute Gasteiger partial charge is 0.496 e. The monoisotopic (exact) mass is 379 g/mol. The van der Waals surface area contributed by atoms with E-state index in [0.717, 1.165) is 28.1 Å². The summed E-state index contributed by atoms with van der Waals surface area (Å²) in [5.74, 6) is 0.736. The Kier molecular flexibility index (Phi) is 4.98. The van der Waals surface area contributed by atoms with Crippen LogP contribution in [0.15, 0.2) is 41.4 Å². The van der Waals surface area contributed by atoms with Gasteiger partial charge in [-0.05, 0) is 51.0 Å². The number of rotatable bonds is 4. The quantitative estimate of drug-likeness (QED) is 0.411. The Hall–Kier alpha value is -3.15. The lowest BCUT2D eigenvalue weighted by Crippen LogP contribution is -2.42. The molecule has 0 bridgehead atoms. The number of methoxy groups -OCH3 is 1. The van der Waals surface area contributed by atoms with Crippen molar-refractivity contribution in [1.82, 2.24) is 0 Å². The number of non-ortho nitro benzene ring substituents is 1. The summed E-state index contributed by atoms with van der Waals surface area (Å²) in [6.07, 6.45) is 4.00. The van der Waals surface area contributed by atoms with Crippen LogP contribution in [0.5, 0.6) is 5.75 Å². The fourth-order valence-electron chi connectivity index (χ4n) is 3.51. The molecule has 6 heteroatoms. The smallest absolute Gasteiger partial charge is 0.269 e. The van der Waals surface area contributed by atoms with Gasteiger partial charge in [-0.1, -0.05) is 6.08 Å². The van der Waals surface area contributed by atoms with Crippen molar-refractivity contribution in [3.05, 3.63) is 63.2 Å². The van der Waals surface area contributed by atoms with Crippen LogP contribution in [-0.2, 0) is 0 Å². The zero-order valence-electron chi connectivity index (χ0n) is 17.1. The second-order valence-corrected chi connectivity index (χ2v) is 7.64. The van der Waals surface area contributed by atoms with Gasteiger partial charge in [0.1, 0.15) is 5.75 Å². The van der Waals surface area contributed by atoms with Gasteiger partial charge in [-0.2, -0.15) is 0 Å². The number of nitrogens with zero attached hydrogens (tertiary/aromatic N) is 3. The maximum atomic E-state index is 10.9. The van der Waals surface area contributed by atoms with E-state index in [4.69, 9.17) is 4.74 Å². The zero-order valence-corrected chi connectivity index (χ0v) is 17.1. The maximum absolute atomic E-state index is 10.9. The minimum atomic E-state index is -0.403. The molecule has 3 rings (SSSR count). The molecule has 1 heterocycles. The van der Waals surface area contributed by atoms with E-state index in [-0.39, 0.29) is 11.2 Å². The predicted octanol–water partition coefficient (Wildman–Crippen LogP) is 5.29. The summed E-state index contributed by atoms with van der Waals surface area (Å²) >= 11 is 0. The standard InChI is InChI=1S/C22H25N3O3/c1-14-9-17(25(26)27)7-8-19(14)23-13-16-10-18-15(2)12-22(3,4)24(5)20(18)11-21(16)28-6/h7-13H,1-6H3.